The number of likely N-dealkylation sites (tertiary alicyclic amines) is 1. The first-order valence-corrected chi connectivity index (χ1v) is 3.76. The highest BCUT2D eigenvalue weighted by Gasteiger charge is 2.58. The summed E-state index contributed by atoms with van der Waals surface area (Å²) in [4.78, 5) is 23.0. The van der Waals surface area contributed by atoms with E-state index in [-0.39, 0.29) is 6.10 Å². The summed E-state index contributed by atoms with van der Waals surface area (Å²) in [6, 6.07) is 0. The van der Waals surface area contributed by atoms with Crippen molar-refractivity contribution >= 4 is 12.1 Å². The van der Waals surface area contributed by atoms with Gasteiger partial charge < -0.3 is 9.84 Å². The third-order valence-corrected chi connectivity index (χ3v) is 2.55. The molecule has 2 unspecified atom stereocenters. The molecule has 5 nitrogen and oxygen atoms in total. The van der Waals surface area contributed by atoms with Crippen molar-refractivity contribution in [2.45, 2.75) is 25.0 Å². The fourth-order valence-corrected chi connectivity index (χ4v) is 1.86. The van der Waals surface area contributed by atoms with Crippen LogP contribution in [0.5, 0.6) is 0 Å². The molecule has 0 spiro atoms. The second-order valence-corrected chi connectivity index (χ2v) is 3.40. The average Bonchev–Trinajstić information content (AvgIpc) is 2.39. The molecule has 2 rings (SSSR count). The number of nitrogens with zero attached hydrogens (tertiary/aromatic N) is 1. The van der Waals surface area contributed by atoms with Crippen LogP contribution in [0.15, 0.2) is 0 Å². The van der Waals surface area contributed by atoms with Crippen LogP contribution in [0.4, 0.5) is 4.79 Å². The lowest BCUT2D eigenvalue weighted by Gasteiger charge is -2.30. The number of carbonyl (C=O) groups is 2. The summed E-state index contributed by atoms with van der Waals surface area (Å²) in [7, 11) is 0. The van der Waals surface area contributed by atoms with Gasteiger partial charge in [0.1, 0.15) is 11.6 Å². The number of amides is 1. The van der Waals surface area contributed by atoms with Gasteiger partial charge in [0, 0.05) is 6.42 Å². The first-order valence-electron chi connectivity index (χ1n) is 3.76. The Kier molecular flexibility index (Phi) is 1.18. The van der Waals surface area contributed by atoms with Gasteiger partial charge in [0.15, 0.2) is 0 Å². The fraction of sp³-hybridized carbons (Fsp3) is 0.714. The van der Waals surface area contributed by atoms with E-state index in [1.165, 1.54) is 0 Å². The van der Waals surface area contributed by atoms with Gasteiger partial charge in [-0.05, 0) is 6.92 Å². The molecule has 0 aromatic rings. The molecule has 2 bridgehead atoms. The first kappa shape index (κ1) is 7.39. The van der Waals surface area contributed by atoms with Crippen molar-refractivity contribution in [3.05, 3.63) is 0 Å². The molecule has 0 radical (unpaired) electrons. The number of hydrogen-bond acceptors (Lipinski definition) is 3. The zero-order chi connectivity index (χ0) is 8.93. The molecule has 0 aromatic carbocycles. The molecule has 0 aromatic heterocycles. The lowest BCUT2D eigenvalue weighted by molar-refractivity contribution is -0.155. The third kappa shape index (κ3) is 0.680. The Bertz CT molecular complexity index is 264. The molecule has 2 fully saturated rings. The topological polar surface area (TPSA) is 66.8 Å². The van der Waals surface area contributed by atoms with Crippen molar-refractivity contribution in [2.75, 3.05) is 6.54 Å². The normalized spacial score (nSPS) is 38.6. The van der Waals surface area contributed by atoms with Gasteiger partial charge in [-0.15, -0.1) is 0 Å². The van der Waals surface area contributed by atoms with E-state index in [4.69, 9.17) is 9.84 Å². The van der Waals surface area contributed by atoms with Crippen LogP contribution < -0.4 is 0 Å². The van der Waals surface area contributed by atoms with Crippen molar-refractivity contribution in [3.63, 3.8) is 0 Å². The van der Waals surface area contributed by atoms with E-state index in [1.807, 2.05) is 0 Å². The largest absolute Gasteiger partial charge is 0.465 e. The van der Waals surface area contributed by atoms with Gasteiger partial charge in [-0.25, -0.2) is 9.59 Å². The summed E-state index contributed by atoms with van der Waals surface area (Å²) in [5.74, 6) is -0.416. The minimum atomic E-state index is -1.04. The van der Waals surface area contributed by atoms with Gasteiger partial charge in [-0.1, -0.05) is 0 Å². The van der Waals surface area contributed by atoms with Gasteiger partial charge in [0.05, 0.1) is 6.54 Å². The van der Waals surface area contributed by atoms with E-state index >= 15 is 0 Å². The molecule has 2 saturated heterocycles. The van der Waals surface area contributed by atoms with Crippen molar-refractivity contribution < 1.29 is 19.4 Å². The molecule has 0 saturated carbocycles. The molecular formula is C7H9NO4. The molecule has 2 heterocycles. The molecule has 12 heavy (non-hydrogen) atoms. The van der Waals surface area contributed by atoms with Crippen LogP contribution >= 0.6 is 0 Å². The average molecular weight is 171 g/mol. The maximum Gasteiger partial charge on any atom is 0.408 e. The van der Waals surface area contributed by atoms with Crippen LogP contribution in [0, 0.1) is 0 Å². The van der Waals surface area contributed by atoms with Crippen molar-refractivity contribution in [1.29, 1.82) is 0 Å². The Hall–Kier alpha value is -1.26. The van der Waals surface area contributed by atoms with E-state index in [1.54, 1.807) is 6.92 Å². The van der Waals surface area contributed by atoms with Crippen LogP contribution in [0.2, 0.25) is 0 Å². The van der Waals surface area contributed by atoms with Gasteiger partial charge in [-0.2, -0.15) is 0 Å². The summed E-state index contributed by atoms with van der Waals surface area (Å²) in [6.07, 6.45) is -0.770. The van der Waals surface area contributed by atoms with Crippen molar-refractivity contribution in [3.8, 4) is 0 Å². The Morgan fingerprint density at radius 3 is 2.83 bits per heavy atom. The van der Waals surface area contributed by atoms with E-state index in [2.05, 4.69) is 0 Å². The van der Waals surface area contributed by atoms with Gasteiger partial charge >= 0.3 is 12.1 Å². The second kappa shape index (κ2) is 1.91. The monoisotopic (exact) mass is 171 g/mol. The van der Waals surface area contributed by atoms with Crippen LogP contribution in [0.3, 0.4) is 0 Å². The molecule has 2 aliphatic heterocycles. The number of ether oxygens (including phenoxy) is 1. The Morgan fingerprint density at radius 2 is 2.50 bits per heavy atom. The molecule has 1 amide bonds. The predicted octanol–water partition coefficient (Wildman–Crippen LogP) is 0.0542. The van der Waals surface area contributed by atoms with Crippen LogP contribution in [0.1, 0.15) is 13.3 Å². The third-order valence-electron chi connectivity index (χ3n) is 2.55. The highest BCUT2D eigenvalue weighted by Crippen LogP contribution is 2.38. The lowest BCUT2D eigenvalue weighted by atomic mass is 10.0. The van der Waals surface area contributed by atoms with Crippen molar-refractivity contribution in [2.24, 2.45) is 0 Å². The van der Waals surface area contributed by atoms with E-state index in [0.29, 0.717) is 13.0 Å². The number of hydrogen-bond donors (Lipinski definition) is 1. The van der Waals surface area contributed by atoms with E-state index in [9.17, 15) is 9.59 Å². The predicted molar refractivity (Wildman–Crippen MR) is 37.6 cm³/mol. The van der Waals surface area contributed by atoms with Crippen molar-refractivity contribution in [1.82, 2.24) is 4.90 Å². The molecule has 1 N–H and O–H groups in total. The second-order valence-electron chi connectivity index (χ2n) is 3.40. The summed E-state index contributed by atoms with van der Waals surface area (Å²) >= 11 is 0. The SMILES string of the molecule is CC12CC(CN1C(=O)O)OC2=O. The number of rotatable bonds is 0. The summed E-state index contributed by atoms with van der Waals surface area (Å²) in [5.41, 5.74) is -0.920. The molecule has 2 aliphatic rings. The number of carbonyl (C=O) groups excluding carboxylic acids is 1. The smallest absolute Gasteiger partial charge is 0.408 e. The van der Waals surface area contributed by atoms with Gasteiger partial charge in [-0.3, -0.25) is 4.90 Å². The maximum absolute atomic E-state index is 11.1. The van der Waals surface area contributed by atoms with E-state index < -0.39 is 17.6 Å². The Labute approximate surface area is 68.9 Å². The molecule has 2 atom stereocenters. The molecule has 5 heteroatoms. The summed E-state index contributed by atoms with van der Waals surface area (Å²) < 4.78 is 4.90. The number of fused-ring (bicyclic) bond motifs is 2. The van der Waals surface area contributed by atoms with Crippen LogP contribution in [-0.2, 0) is 9.53 Å². The Morgan fingerprint density at radius 1 is 1.83 bits per heavy atom. The first-order chi connectivity index (χ1) is 5.54. The number of morpholine rings is 1. The van der Waals surface area contributed by atoms with E-state index in [0.717, 1.165) is 4.90 Å². The summed E-state index contributed by atoms with van der Waals surface area (Å²) in [5, 5.41) is 8.74. The summed E-state index contributed by atoms with van der Waals surface area (Å²) in [6.45, 7) is 1.92. The zero-order valence-corrected chi connectivity index (χ0v) is 6.61. The quantitative estimate of drug-likeness (QED) is 0.523. The van der Waals surface area contributed by atoms with Crippen LogP contribution in [-0.4, -0.2) is 40.3 Å². The fourth-order valence-electron chi connectivity index (χ4n) is 1.86. The lowest BCUT2D eigenvalue weighted by Crippen LogP contribution is -2.52. The van der Waals surface area contributed by atoms with Gasteiger partial charge in [0.25, 0.3) is 0 Å². The highest BCUT2D eigenvalue weighted by atomic mass is 16.6. The highest BCUT2D eigenvalue weighted by molar-refractivity contribution is 5.88. The number of esters is 1. The maximum atomic E-state index is 11.1. The minimum absolute atomic E-state index is 0.224. The molecular weight excluding hydrogens is 162 g/mol. The molecule has 0 aliphatic carbocycles. The minimum Gasteiger partial charge on any atom is -0.465 e. The number of carboxylic acid groups (broad SMARTS) is 1. The zero-order valence-electron chi connectivity index (χ0n) is 6.61. The van der Waals surface area contributed by atoms with Gasteiger partial charge in [0.2, 0.25) is 0 Å². The Balaban J connectivity index is 2.32. The standard InChI is InChI=1S/C7H9NO4/c1-7-2-4(12-5(7)9)3-8(7)6(10)11/h4H,2-3H2,1H3,(H,10,11). The van der Waals surface area contributed by atoms with Crippen LogP contribution in [0.25, 0.3) is 0 Å². The molecule has 66 valence electrons.